The number of aromatic nitrogens is 3. The van der Waals surface area contributed by atoms with Gasteiger partial charge in [-0.2, -0.15) is 5.21 Å². The summed E-state index contributed by atoms with van der Waals surface area (Å²) in [6, 6.07) is 7.44. The van der Waals surface area contributed by atoms with Crippen molar-refractivity contribution >= 4 is 23.2 Å². The smallest absolute Gasteiger partial charge is 0.279 e. The summed E-state index contributed by atoms with van der Waals surface area (Å²) in [6.45, 7) is 1.94. The molecule has 1 aromatic heterocycles. The highest BCUT2D eigenvalue weighted by atomic mass is 35.5. The highest BCUT2D eigenvalue weighted by Crippen LogP contribution is 2.13. The van der Waals surface area contributed by atoms with Gasteiger partial charge in [0.15, 0.2) is 10.8 Å². The first-order valence-corrected chi connectivity index (χ1v) is 4.99. The van der Waals surface area contributed by atoms with Crippen LogP contribution in [0.3, 0.4) is 0 Å². The second-order valence-corrected chi connectivity index (χ2v) is 3.64. The van der Waals surface area contributed by atoms with E-state index < -0.39 is 0 Å². The van der Waals surface area contributed by atoms with Crippen molar-refractivity contribution in [1.29, 1.82) is 0 Å². The van der Waals surface area contributed by atoms with Gasteiger partial charge in [-0.3, -0.25) is 4.79 Å². The SMILES string of the molecule is Cc1cccc(NC(=O)c2n[nH]nc2Cl)c1. The molecule has 0 aliphatic rings. The molecule has 0 radical (unpaired) electrons. The van der Waals surface area contributed by atoms with Gasteiger partial charge in [-0.15, -0.1) is 10.2 Å². The molecule has 2 N–H and O–H groups in total. The van der Waals surface area contributed by atoms with E-state index in [-0.39, 0.29) is 16.8 Å². The minimum absolute atomic E-state index is 0.0603. The number of benzene rings is 1. The quantitative estimate of drug-likeness (QED) is 0.838. The second kappa shape index (κ2) is 4.32. The Morgan fingerprint density at radius 1 is 1.44 bits per heavy atom. The van der Waals surface area contributed by atoms with Gasteiger partial charge in [0.25, 0.3) is 5.91 Å². The van der Waals surface area contributed by atoms with E-state index in [1.807, 2.05) is 25.1 Å². The van der Waals surface area contributed by atoms with Crippen LogP contribution in [0.1, 0.15) is 16.1 Å². The molecule has 0 atom stereocenters. The topological polar surface area (TPSA) is 70.7 Å². The van der Waals surface area contributed by atoms with Crippen molar-refractivity contribution in [2.75, 3.05) is 5.32 Å². The van der Waals surface area contributed by atoms with Crippen LogP contribution < -0.4 is 5.32 Å². The van der Waals surface area contributed by atoms with E-state index in [1.54, 1.807) is 6.07 Å². The van der Waals surface area contributed by atoms with Crippen molar-refractivity contribution in [3.8, 4) is 0 Å². The number of anilines is 1. The van der Waals surface area contributed by atoms with Crippen LogP contribution in [0.2, 0.25) is 5.15 Å². The molecule has 1 amide bonds. The Morgan fingerprint density at radius 2 is 2.25 bits per heavy atom. The molecule has 2 rings (SSSR count). The number of aromatic amines is 1. The maximum absolute atomic E-state index is 11.7. The van der Waals surface area contributed by atoms with Gasteiger partial charge in [0, 0.05) is 5.69 Å². The molecular formula is C10H9ClN4O. The number of nitrogens with zero attached hydrogens (tertiary/aromatic N) is 2. The predicted octanol–water partition coefficient (Wildman–Crippen LogP) is 2.02. The number of aryl methyl sites for hydroxylation is 1. The summed E-state index contributed by atoms with van der Waals surface area (Å²) in [5.74, 6) is -0.385. The van der Waals surface area contributed by atoms with Crippen molar-refractivity contribution in [3.05, 3.63) is 40.7 Å². The Hall–Kier alpha value is -1.88. The van der Waals surface area contributed by atoms with Crippen LogP contribution in [-0.2, 0) is 0 Å². The van der Waals surface area contributed by atoms with Gasteiger partial charge in [0.2, 0.25) is 0 Å². The van der Waals surface area contributed by atoms with Crippen LogP contribution >= 0.6 is 11.6 Å². The van der Waals surface area contributed by atoms with Gasteiger partial charge >= 0.3 is 0 Å². The van der Waals surface area contributed by atoms with Crippen LogP contribution in [0.4, 0.5) is 5.69 Å². The average Bonchev–Trinajstić information content (AvgIpc) is 2.64. The first-order valence-electron chi connectivity index (χ1n) is 4.61. The summed E-state index contributed by atoms with van der Waals surface area (Å²) in [5, 5.41) is 12.2. The number of hydrogen-bond donors (Lipinski definition) is 2. The molecule has 0 aliphatic heterocycles. The summed E-state index contributed by atoms with van der Waals surface area (Å²) in [6.07, 6.45) is 0. The lowest BCUT2D eigenvalue weighted by Crippen LogP contribution is -2.13. The lowest BCUT2D eigenvalue weighted by molar-refractivity contribution is 0.102. The van der Waals surface area contributed by atoms with Crippen molar-refractivity contribution in [1.82, 2.24) is 15.4 Å². The molecular weight excluding hydrogens is 228 g/mol. The Balaban J connectivity index is 2.17. The number of halogens is 1. The first kappa shape index (κ1) is 10.6. The van der Waals surface area contributed by atoms with E-state index in [0.29, 0.717) is 5.69 Å². The van der Waals surface area contributed by atoms with E-state index in [2.05, 4.69) is 20.7 Å². The lowest BCUT2D eigenvalue weighted by Gasteiger charge is -2.03. The molecule has 0 unspecified atom stereocenters. The van der Waals surface area contributed by atoms with E-state index in [4.69, 9.17) is 11.6 Å². The highest BCUT2D eigenvalue weighted by Gasteiger charge is 2.14. The third-order valence-electron chi connectivity index (χ3n) is 2.00. The van der Waals surface area contributed by atoms with Crippen LogP contribution in [-0.4, -0.2) is 21.3 Å². The normalized spacial score (nSPS) is 10.1. The number of rotatable bonds is 2. The van der Waals surface area contributed by atoms with Gasteiger partial charge in [0.1, 0.15) is 0 Å². The zero-order valence-electron chi connectivity index (χ0n) is 8.49. The molecule has 82 valence electrons. The van der Waals surface area contributed by atoms with Crippen molar-refractivity contribution in [3.63, 3.8) is 0 Å². The van der Waals surface area contributed by atoms with E-state index in [9.17, 15) is 4.79 Å². The zero-order valence-corrected chi connectivity index (χ0v) is 9.25. The number of amides is 1. The largest absolute Gasteiger partial charge is 0.320 e. The number of carbonyl (C=O) groups is 1. The predicted molar refractivity (Wildman–Crippen MR) is 60.5 cm³/mol. The molecule has 6 heteroatoms. The van der Waals surface area contributed by atoms with Crippen LogP contribution in [0.15, 0.2) is 24.3 Å². The molecule has 1 aromatic carbocycles. The van der Waals surface area contributed by atoms with Crippen molar-refractivity contribution < 1.29 is 4.79 Å². The summed E-state index contributed by atoms with van der Waals surface area (Å²) in [7, 11) is 0. The van der Waals surface area contributed by atoms with Gasteiger partial charge in [-0.1, -0.05) is 23.7 Å². The molecule has 0 fully saturated rings. The maximum Gasteiger partial charge on any atom is 0.279 e. The minimum Gasteiger partial charge on any atom is -0.320 e. The summed E-state index contributed by atoms with van der Waals surface area (Å²) in [5.41, 5.74) is 1.84. The highest BCUT2D eigenvalue weighted by molar-refractivity contribution is 6.32. The third kappa shape index (κ3) is 2.20. The Labute approximate surface area is 96.8 Å². The van der Waals surface area contributed by atoms with Gasteiger partial charge in [-0.25, -0.2) is 0 Å². The fourth-order valence-corrected chi connectivity index (χ4v) is 1.44. The van der Waals surface area contributed by atoms with Crippen LogP contribution in [0.5, 0.6) is 0 Å². The number of H-pyrrole nitrogens is 1. The summed E-state index contributed by atoms with van der Waals surface area (Å²) >= 11 is 5.67. The molecule has 0 bridgehead atoms. The number of carbonyl (C=O) groups excluding carboxylic acids is 1. The van der Waals surface area contributed by atoms with Crippen LogP contribution in [0.25, 0.3) is 0 Å². The van der Waals surface area contributed by atoms with Crippen LogP contribution in [0, 0.1) is 6.92 Å². The zero-order chi connectivity index (χ0) is 11.5. The Morgan fingerprint density at radius 3 is 2.88 bits per heavy atom. The first-order chi connectivity index (χ1) is 7.66. The fraction of sp³-hybridized carbons (Fsp3) is 0.100. The Bertz CT molecular complexity index is 523. The van der Waals surface area contributed by atoms with Crippen molar-refractivity contribution in [2.24, 2.45) is 0 Å². The summed E-state index contributed by atoms with van der Waals surface area (Å²) < 4.78 is 0. The summed E-state index contributed by atoms with van der Waals surface area (Å²) in [4.78, 5) is 11.7. The lowest BCUT2D eigenvalue weighted by atomic mass is 10.2. The molecule has 0 aliphatic carbocycles. The fourth-order valence-electron chi connectivity index (χ4n) is 1.28. The molecule has 0 saturated heterocycles. The molecule has 0 spiro atoms. The molecule has 16 heavy (non-hydrogen) atoms. The number of hydrogen-bond acceptors (Lipinski definition) is 3. The Kier molecular flexibility index (Phi) is 2.87. The van der Waals surface area contributed by atoms with Gasteiger partial charge < -0.3 is 5.32 Å². The molecule has 0 saturated carbocycles. The molecule has 2 aromatic rings. The monoisotopic (exact) mass is 236 g/mol. The third-order valence-corrected chi connectivity index (χ3v) is 2.26. The average molecular weight is 237 g/mol. The van der Waals surface area contributed by atoms with Gasteiger partial charge in [0.05, 0.1) is 0 Å². The minimum atomic E-state index is -0.385. The molecule has 1 heterocycles. The maximum atomic E-state index is 11.7. The number of nitrogens with one attached hydrogen (secondary N) is 2. The standard InChI is InChI=1S/C10H9ClN4O/c1-6-3-2-4-7(5-6)12-10(16)8-9(11)14-15-13-8/h2-5H,1H3,(H,12,16)(H,13,14,15). The van der Waals surface area contributed by atoms with Gasteiger partial charge in [-0.05, 0) is 24.6 Å². The second-order valence-electron chi connectivity index (χ2n) is 3.29. The van der Waals surface area contributed by atoms with Crippen molar-refractivity contribution in [2.45, 2.75) is 6.92 Å². The molecule has 5 nitrogen and oxygen atoms in total. The van der Waals surface area contributed by atoms with E-state index in [1.165, 1.54) is 0 Å². The van der Waals surface area contributed by atoms with E-state index >= 15 is 0 Å². The van der Waals surface area contributed by atoms with E-state index in [0.717, 1.165) is 5.56 Å².